The topological polar surface area (TPSA) is 138 Å². The average Bonchev–Trinajstić information content (AvgIpc) is 2.53. The number of nitriles is 4. The highest BCUT2D eigenvalue weighted by Crippen LogP contribution is 2.42. The first kappa shape index (κ1) is 19.4. The third-order valence-electron chi connectivity index (χ3n) is 3.88. The van der Waals surface area contributed by atoms with Crippen molar-refractivity contribution in [2.45, 2.75) is 58.3 Å². The van der Waals surface area contributed by atoms with Crippen molar-refractivity contribution in [1.82, 2.24) is 0 Å². The molecule has 0 aliphatic rings. The highest BCUT2D eigenvalue weighted by atomic mass is 16.1. The summed E-state index contributed by atoms with van der Waals surface area (Å²) in [5, 5.41) is 37.0. The molecule has 0 rings (SSSR count). The summed E-state index contributed by atoms with van der Waals surface area (Å²) in [6.07, 6.45) is 6.74. The van der Waals surface area contributed by atoms with Gasteiger partial charge >= 0.3 is 0 Å². The molecule has 2 N–H and O–H groups in total. The Labute approximate surface area is 131 Å². The van der Waals surface area contributed by atoms with Crippen LogP contribution in [0, 0.1) is 56.2 Å². The van der Waals surface area contributed by atoms with Gasteiger partial charge in [0.05, 0.1) is 24.3 Å². The number of hydrogen-bond acceptors (Lipinski definition) is 5. The Morgan fingerprint density at radius 3 is 1.68 bits per heavy atom. The lowest BCUT2D eigenvalue weighted by Crippen LogP contribution is -2.48. The lowest BCUT2D eigenvalue weighted by Gasteiger charge is -2.28. The largest absolute Gasteiger partial charge is 0.367 e. The number of carbonyl (C=O) groups is 1. The van der Waals surface area contributed by atoms with Gasteiger partial charge in [-0.3, -0.25) is 4.79 Å². The van der Waals surface area contributed by atoms with Crippen molar-refractivity contribution in [3.05, 3.63) is 0 Å². The molecule has 22 heavy (non-hydrogen) atoms. The molecule has 0 bridgehead atoms. The summed E-state index contributed by atoms with van der Waals surface area (Å²) in [6.45, 7) is 2.13. The van der Waals surface area contributed by atoms with E-state index in [1.807, 2.05) is 0 Å². The van der Waals surface area contributed by atoms with Crippen LogP contribution in [0.2, 0.25) is 0 Å². The molecule has 0 aliphatic carbocycles. The minimum absolute atomic E-state index is 0.0160. The van der Waals surface area contributed by atoms with E-state index >= 15 is 0 Å². The van der Waals surface area contributed by atoms with Crippen molar-refractivity contribution in [3.8, 4) is 24.3 Å². The number of primary amides is 1. The molecule has 6 nitrogen and oxygen atoms in total. The first-order chi connectivity index (χ1) is 10.5. The molecule has 0 fully saturated rings. The van der Waals surface area contributed by atoms with Crippen molar-refractivity contribution < 1.29 is 4.79 Å². The first-order valence-electron chi connectivity index (χ1n) is 7.45. The van der Waals surface area contributed by atoms with Gasteiger partial charge in [-0.1, -0.05) is 51.9 Å². The molecular formula is C16H21N5O. The van der Waals surface area contributed by atoms with Gasteiger partial charge in [-0.2, -0.15) is 21.0 Å². The van der Waals surface area contributed by atoms with Crippen molar-refractivity contribution in [2.24, 2.45) is 16.6 Å². The molecular weight excluding hydrogens is 278 g/mol. The van der Waals surface area contributed by atoms with Gasteiger partial charge in [0.25, 0.3) is 11.3 Å². The summed E-state index contributed by atoms with van der Waals surface area (Å²) < 4.78 is 0. The Morgan fingerprint density at radius 1 is 0.864 bits per heavy atom. The van der Waals surface area contributed by atoms with Crippen molar-refractivity contribution in [1.29, 1.82) is 21.0 Å². The van der Waals surface area contributed by atoms with Gasteiger partial charge in [0.2, 0.25) is 0 Å². The first-order valence-corrected chi connectivity index (χ1v) is 7.45. The molecule has 6 heteroatoms. The van der Waals surface area contributed by atoms with Crippen LogP contribution in [-0.2, 0) is 4.79 Å². The van der Waals surface area contributed by atoms with Crippen molar-refractivity contribution in [3.63, 3.8) is 0 Å². The Balaban J connectivity index is 4.91. The molecule has 0 aromatic carbocycles. The molecule has 0 radical (unpaired) electrons. The second-order valence-electron chi connectivity index (χ2n) is 5.34. The molecule has 0 aromatic heterocycles. The van der Waals surface area contributed by atoms with Gasteiger partial charge in [0.1, 0.15) is 0 Å². The third kappa shape index (κ3) is 3.97. The zero-order valence-electron chi connectivity index (χ0n) is 12.9. The van der Waals surface area contributed by atoms with Crippen LogP contribution >= 0.6 is 0 Å². The summed E-state index contributed by atoms with van der Waals surface area (Å²) in [5.74, 6) is -1.25. The van der Waals surface area contributed by atoms with Crippen molar-refractivity contribution >= 4 is 5.91 Å². The second-order valence-corrected chi connectivity index (χ2v) is 5.34. The van der Waals surface area contributed by atoms with E-state index in [4.69, 9.17) is 16.3 Å². The number of unbranched alkanes of at least 4 members (excludes halogenated alkanes) is 6. The second kappa shape index (κ2) is 9.38. The maximum atomic E-state index is 11.5. The lowest BCUT2D eigenvalue weighted by molar-refractivity contribution is -0.125. The van der Waals surface area contributed by atoms with Crippen LogP contribution in [0.5, 0.6) is 0 Å². The van der Waals surface area contributed by atoms with Crippen LogP contribution in [0.15, 0.2) is 0 Å². The van der Waals surface area contributed by atoms with Gasteiger partial charge in [-0.05, 0) is 6.42 Å². The number of carbonyl (C=O) groups excluding carboxylic acids is 1. The minimum Gasteiger partial charge on any atom is -0.367 e. The lowest BCUT2D eigenvalue weighted by atomic mass is 9.63. The Hall–Kier alpha value is -2.57. The summed E-state index contributed by atoms with van der Waals surface area (Å²) in [6, 6.07) is 6.38. The van der Waals surface area contributed by atoms with E-state index in [9.17, 15) is 15.3 Å². The molecule has 0 saturated heterocycles. The van der Waals surface area contributed by atoms with Crippen LogP contribution < -0.4 is 5.73 Å². The maximum absolute atomic E-state index is 11.5. The Morgan fingerprint density at radius 2 is 1.32 bits per heavy atom. The zero-order chi connectivity index (χ0) is 17.1. The fraction of sp³-hybridized carbons (Fsp3) is 0.688. The third-order valence-corrected chi connectivity index (χ3v) is 3.88. The molecule has 0 atom stereocenters. The fourth-order valence-electron chi connectivity index (χ4n) is 2.38. The molecule has 0 spiro atoms. The highest BCUT2D eigenvalue weighted by molar-refractivity contribution is 5.89. The normalized spacial score (nSPS) is 10.8. The van der Waals surface area contributed by atoms with Gasteiger partial charge < -0.3 is 5.73 Å². The molecule has 0 aliphatic heterocycles. The van der Waals surface area contributed by atoms with Crippen molar-refractivity contribution in [2.75, 3.05) is 0 Å². The number of rotatable bonds is 10. The quantitative estimate of drug-likeness (QED) is 0.618. The molecule has 1 amide bonds. The predicted octanol–water partition coefficient (Wildman–Crippen LogP) is 2.68. The number of nitrogens with zero attached hydrogens (tertiary/aromatic N) is 4. The fourth-order valence-corrected chi connectivity index (χ4v) is 2.38. The van der Waals surface area contributed by atoms with E-state index in [0.29, 0.717) is 6.42 Å². The van der Waals surface area contributed by atoms with Gasteiger partial charge in [-0.25, -0.2) is 0 Å². The number of amides is 1. The molecule has 116 valence electrons. The summed E-state index contributed by atoms with van der Waals surface area (Å²) in [4.78, 5) is 11.5. The smallest absolute Gasteiger partial charge is 0.255 e. The van der Waals surface area contributed by atoms with E-state index in [-0.39, 0.29) is 6.42 Å². The van der Waals surface area contributed by atoms with E-state index in [0.717, 1.165) is 32.1 Å². The predicted molar refractivity (Wildman–Crippen MR) is 79.1 cm³/mol. The van der Waals surface area contributed by atoms with E-state index in [1.54, 1.807) is 12.1 Å². The van der Waals surface area contributed by atoms with Crippen LogP contribution in [0.3, 0.4) is 0 Å². The van der Waals surface area contributed by atoms with E-state index < -0.39 is 16.7 Å². The zero-order valence-corrected chi connectivity index (χ0v) is 12.9. The SMILES string of the molecule is CCCCCCCCCC(C#N)(C#N)C(C#N)(C#N)C(N)=O. The van der Waals surface area contributed by atoms with Gasteiger partial charge in [0, 0.05) is 0 Å². The minimum atomic E-state index is -2.43. The van der Waals surface area contributed by atoms with Crippen LogP contribution in [0.4, 0.5) is 0 Å². The van der Waals surface area contributed by atoms with E-state index in [1.165, 1.54) is 18.6 Å². The molecule has 0 aromatic rings. The molecule has 0 heterocycles. The Kier molecular flexibility index (Phi) is 8.29. The standard InChI is InChI=1S/C16H21N5O/c1-2-3-4-5-6-7-8-9-15(10-17,11-18)16(12-19,13-20)14(21)22/h2-9H2,1H3,(H2,21,22). The van der Waals surface area contributed by atoms with E-state index in [2.05, 4.69) is 6.92 Å². The number of hydrogen-bond donors (Lipinski definition) is 1. The molecule has 0 unspecified atom stereocenters. The maximum Gasteiger partial charge on any atom is 0.255 e. The highest BCUT2D eigenvalue weighted by Gasteiger charge is 2.58. The number of nitrogens with two attached hydrogens (primary N) is 1. The summed E-state index contributed by atoms with van der Waals surface area (Å²) >= 11 is 0. The van der Waals surface area contributed by atoms with Gasteiger partial charge in [0.15, 0.2) is 5.41 Å². The van der Waals surface area contributed by atoms with Crippen LogP contribution in [0.25, 0.3) is 0 Å². The summed E-state index contributed by atoms with van der Waals surface area (Å²) in [7, 11) is 0. The molecule has 0 saturated carbocycles. The summed E-state index contributed by atoms with van der Waals surface area (Å²) in [5.41, 5.74) is 0.675. The van der Waals surface area contributed by atoms with Gasteiger partial charge in [-0.15, -0.1) is 0 Å². The monoisotopic (exact) mass is 299 g/mol. The average molecular weight is 299 g/mol. The van der Waals surface area contributed by atoms with Crippen LogP contribution in [-0.4, -0.2) is 5.91 Å². The Bertz CT molecular complexity index is 513. The van der Waals surface area contributed by atoms with Crippen LogP contribution in [0.1, 0.15) is 58.3 Å².